The molecule has 1 aliphatic heterocycles. The van der Waals surface area contributed by atoms with Crippen LogP contribution >= 0.6 is 11.8 Å². The number of amides is 2. The van der Waals surface area contributed by atoms with Crippen molar-refractivity contribution >= 4 is 23.6 Å². The van der Waals surface area contributed by atoms with Gasteiger partial charge in [-0.3, -0.25) is 0 Å². The summed E-state index contributed by atoms with van der Waals surface area (Å²) >= 11 is 1.90. The van der Waals surface area contributed by atoms with Crippen LogP contribution in [0.25, 0.3) is 0 Å². The van der Waals surface area contributed by atoms with E-state index in [-0.39, 0.29) is 6.03 Å². The Morgan fingerprint density at radius 1 is 1.33 bits per heavy atom. The van der Waals surface area contributed by atoms with Gasteiger partial charge in [-0.2, -0.15) is 11.8 Å². The number of thioether (sulfide) groups is 1. The maximum atomic E-state index is 12.0. The van der Waals surface area contributed by atoms with Gasteiger partial charge >= 0.3 is 6.03 Å². The molecule has 1 saturated heterocycles. The van der Waals surface area contributed by atoms with Gasteiger partial charge in [-0.25, -0.2) is 9.78 Å². The van der Waals surface area contributed by atoms with Gasteiger partial charge in [0.25, 0.3) is 0 Å². The molecule has 1 aromatic heterocycles. The van der Waals surface area contributed by atoms with Gasteiger partial charge in [-0.05, 0) is 25.5 Å². The predicted molar refractivity (Wildman–Crippen MR) is 88.9 cm³/mol. The van der Waals surface area contributed by atoms with Crippen molar-refractivity contribution in [1.82, 2.24) is 15.2 Å². The number of nitrogens with one attached hydrogen (secondary N) is 1. The van der Waals surface area contributed by atoms with Crippen molar-refractivity contribution < 1.29 is 4.79 Å². The first kappa shape index (κ1) is 15.9. The maximum Gasteiger partial charge on any atom is 0.317 e. The second-order valence-corrected chi connectivity index (χ2v) is 6.18. The summed E-state index contributed by atoms with van der Waals surface area (Å²) in [4.78, 5) is 20.6. The first-order chi connectivity index (χ1) is 10.2. The zero-order valence-corrected chi connectivity index (χ0v) is 13.7. The molecule has 2 amide bonds. The summed E-state index contributed by atoms with van der Waals surface area (Å²) in [5.74, 6) is 3.06. The second kappa shape index (κ2) is 8.12. The van der Waals surface area contributed by atoms with Crippen LogP contribution in [0.4, 0.5) is 10.6 Å². The van der Waals surface area contributed by atoms with Gasteiger partial charge in [-0.1, -0.05) is 6.07 Å². The lowest BCUT2D eigenvalue weighted by Gasteiger charge is -2.26. The highest BCUT2D eigenvalue weighted by atomic mass is 32.2. The number of nitrogens with zero attached hydrogens (tertiary/aromatic N) is 3. The maximum absolute atomic E-state index is 12.0. The molecular weight excluding hydrogens is 284 g/mol. The van der Waals surface area contributed by atoms with Crippen LogP contribution in [0, 0.1) is 0 Å². The molecule has 2 heterocycles. The summed E-state index contributed by atoms with van der Waals surface area (Å²) in [5.41, 5.74) is 1.03. The Labute approximate surface area is 131 Å². The third-order valence-electron chi connectivity index (χ3n) is 3.64. The van der Waals surface area contributed by atoms with Crippen molar-refractivity contribution in [2.24, 2.45) is 0 Å². The molecule has 0 aromatic carbocycles. The second-order valence-electron chi connectivity index (χ2n) is 4.96. The topological polar surface area (TPSA) is 48.5 Å². The van der Waals surface area contributed by atoms with Crippen LogP contribution in [0.1, 0.15) is 19.4 Å². The molecule has 116 valence electrons. The van der Waals surface area contributed by atoms with Gasteiger partial charge in [0.05, 0.1) is 0 Å². The highest BCUT2D eigenvalue weighted by Gasteiger charge is 2.16. The average molecular weight is 308 g/mol. The molecule has 0 aliphatic carbocycles. The highest BCUT2D eigenvalue weighted by molar-refractivity contribution is 7.99. The summed E-state index contributed by atoms with van der Waals surface area (Å²) in [5, 5.41) is 2.97. The van der Waals surface area contributed by atoms with Gasteiger partial charge < -0.3 is 15.1 Å². The van der Waals surface area contributed by atoms with E-state index in [9.17, 15) is 4.79 Å². The SMILES string of the molecule is CCN(CC)c1ccc(CNC(=O)N2CCSCC2)cn1. The first-order valence-corrected chi connectivity index (χ1v) is 8.70. The van der Waals surface area contributed by atoms with E-state index >= 15 is 0 Å². The quantitative estimate of drug-likeness (QED) is 0.906. The van der Waals surface area contributed by atoms with Gasteiger partial charge in [0, 0.05) is 50.4 Å². The summed E-state index contributed by atoms with van der Waals surface area (Å²) < 4.78 is 0. The zero-order valence-electron chi connectivity index (χ0n) is 12.8. The average Bonchev–Trinajstić information content (AvgIpc) is 2.55. The standard InChI is InChI=1S/C15H24N4OS/c1-3-18(4-2)14-6-5-13(11-16-14)12-17-15(20)19-7-9-21-10-8-19/h5-6,11H,3-4,7-10,12H2,1-2H3,(H,17,20). The molecule has 0 spiro atoms. The van der Waals surface area contributed by atoms with Crippen molar-refractivity contribution in [2.75, 3.05) is 42.6 Å². The molecule has 2 rings (SSSR count). The Kier molecular flexibility index (Phi) is 6.17. The number of anilines is 1. The normalized spacial score (nSPS) is 14.9. The number of carbonyl (C=O) groups excluding carboxylic acids is 1. The van der Waals surface area contributed by atoms with E-state index < -0.39 is 0 Å². The number of carbonyl (C=O) groups is 1. The Hall–Kier alpha value is -1.43. The van der Waals surface area contributed by atoms with Crippen LogP contribution in [-0.4, -0.2) is 53.6 Å². The first-order valence-electron chi connectivity index (χ1n) is 7.55. The molecular formula is C15H24N4OS. The van der Waals surface area contributed by atoms with E-state index in [1.54, 1.807) is 0 Å². The van der Waals surface area contributed by atoms with E-state index in [2.05, 4.69) is 29.0 Å². The lowest BCUT2D eigenvalue weighted by atomic mass is 10.2. The molecule has 1 N–H and O–H groups in total. The molecule has 0 radical (unpaired) electrons. The lowest BCUT2D eigenvalue weighted by Crippen LogP contribution is -2.44. The Balaban J connectivity index is 1.84. The fourth-order valence-corrected chi connectivity index (χ4v) is 3.21. The van der Waals surface area contributed by atoms with Crippen LogP contribution in [-0.2, 0) is 6.54 Å². The van der Waals surface area contributed by atoms with Crippen molar-refractivity contribution in [2.45, 2.75) is 20.4 Å². The number of urea groups is 1. The largest absolute Gasteiger partial charge is 0.357 e. The number of hydrogen-bond donors (Lipinski definition) is 1. The summed E-state index contributed by atoms with van der Waals surface area (Å²) in [6.07, 6.45) is 1.85. The number of pyridine rings is 1. The molecule has 0 saturated carbocycles. The monoisotopic (exact) mass is 308 g/mol. The van der Waals surface area contributed by atoms with Gasteiger partial charge in [0.2, 0.25) is 0 Å². The smallest absolute Gasteiger partial charge is 0.317 e. The van der Waals surface area contributed by atoms with E-state index in [0.717, 1.165) is 49.1 Å². The van der Waals surface area contributed by atoms with Crippen LogP contribution in [0.2, 0.25) is 0 Å². The minimum atomic E-state index is 0.0307. The van der Waals surface area contributed by atoms with E-state index in [4.69, 9.17) is 0 Å². The van der Waals surface area contributed by atoms with E-state index in [1.807, 2.05) is 35.0 Å². The third kappa shape index (κ3) is 4.52. The fraction of sp³-hybridized carbons (Fsp3) is 0.600. The zero-order chi connectivity index (χ0) is 15.1. The lowest BCUT2D eigenvalue weighted by molar-refractivity contribution is 0.202. The Morgan fingerprint density at radius 2 is 2.05 bits per heavy atom. The van der Waals surface area contributed by atoms with Crippen LogP contribution in [0.3, 0.4) is 0 Å². The molecule has 1 fully saturated rings. The summed E-state index contributed by atoms with van der Waals surface area (Å²) in [6, 6.07) is 4.09. The van der Waals surface area contributed by atoms with Crippen molar-refractivity contribution in [3.8, 4) is 0 Å². The van der Waals surface area contributed by atoms with Crippen molar-refractivity contribution in [1.29, 1.82) is 0 Å². The van der Waals surface area contributed by atoms with Gasteiger partial charge in [0.1, 0.15) is 5.82 Å². The molecule has 5 nitrogen and oxygen atoms in total. The fourth-order valence-electron chi connectivity index (χ4n) is 2.31. The Bertz CT molecular complexity index is 441. The van der Waals surface area contributed by atoms with Crippen LogP contribution < -0.4 is 10.2 Å². The Morgan fingerprint density at radius 3 is 2.62 bits per heavy atom. The molecule has 0 bridgehead atoms. The molecule has 1 aromatic rings. The summed E-state index contributed by atoms with van der Waals surface area (Å²) in [6.45, 7) is 8.37. The number of rotatable bonds is 5. The minimum absolute atomic E-state index is 0.0307. The third-order valence-corrected chi connectivity index (χ3v) is 4.58. The molecule has 1 aliphatic rings. The number of aromatic nitrogens is 1. The van der Waals surface area contributed by atoms with Crippen LogP contribution in [0.5, 0.6) is 0 Å². The molecule has 6 heteroatoms. The van der Waals surface area contributed by atoms with Crippen molar-refractivity contribution in [3.63, 3.8) is 0 Å². The van der Waals surface area contributed by atoms with Gasteiger partial charge in [-0.15, -0.1) is 0 Å². The molecule has 0 atom stereocenters. The predicted octanol–water partition coefficient (Wildman–Crippen LogP) is 2.19. The van der Waals surface area contributed by atoms with E-state index in [0.29, 0.717) is 6.54 Å². The van der Waals surface area contributed by atoms with E-state index in [1.165, 1.54) is 0 Å². The molecule has 0 unspecified atom stereocenters. The van der Waals surface area contributed by atoms with Crippen molar-refractivity contribution in [3.05, 3.63) is 23.9 Å². The number of hydrogen-bond acceptors (Lipinski definition) is 4. The van der Waals surface area contributed by atoms with Crippen LogP contribution in [0.15, 0.2) is 18.3 Å². The summed E-state index contributed by atoms with van der Waals surface area (Å²) in [7, 11) is 0. The minimum Gasteiger partial charge on any atom is -0.357 e. The van der Waals surface area contributed by atoms with Gasteiger partial charge in [0.15, 0.2) is 0 Å². The molecule has 21 heavy (non-hydrogen) atoms. The highest BCUT2D eigenvalue weighted by Crippen LogP contribution is 2.11.